The smallest absolute Gasteiger partial charge is 0.252 e. The van der Waals surface area contributed by atoms with Crippen molar-refractivity contribution in [3.63, 3.8) is 0 Å². The number of carbonyl (C=O) groups is 1. The quantitative estimate of drug-likeness (QED) is 0.935. The summed E-state index contributed by atoms with van der Waals surface area (Å²) >= 11 is 0. The van der Waals surface area contributed by atoms with E-state index in [1.165, 1.54) is 11.1 Å². The Kier molecular flexibility index (Phi) is 4.23. The third kappa shape index (κ3) is 3.03. The van der Waals surface area contributed by atoms with Crippen LogP contribution in [0.4, 0.5) is 0 Å². The molecular formula is C19H22N2O. The summed E-state index contributed by atoms with van der Waals surface area (Å²) in [7, 11) is 0. The van der Waals surface area contributed by atoms with E-state index in [1.54, 1.807) is 6.20 Å². The number of aryl methyl sites for hydroxylation is 1. The van der Waals surface area contributed by atoms with Crippen LogP contribution in [0.25, 0.3) is 0 Å². The molecule has 0 saturated carbocycles. The van der Waals surface area contributed by atoms with Crippen molar-refractivity contribution in [3.8, 4) is 0 Å². The van der Waals surface area contributed by atoms with Crippen LogP contribution >= 0.6 is 0 Å². The van der Waals surface area contributed by atoms with Crippen LogP contribution in [0.15, 0.2) is 42.6 Å². The molecule has 0 bridgehead atoms. The molecule has 1 aliphatic rings. The Hall–Kier alpha value is -2.16. The first-order valence-electron chi connectivity index (χ1n) is 7.97. The zero-order valence-corrected chi connectivity index (χ0v) is 13.2. The molecule has 0 saturated heterocycles. The average molecular weight is 294 g/mol. The van der Waals surface area contributed by atoms with E-state index < -0.39 is 0 Å². The van der Waals surface area contributed by atoms with E-state index in [4.69, 9.17) is 0 Å². The van der Waals surface area contributed by atoms with Crippen LogP contribution in [0, 0.1) is 0 Å². The number of amides is 1. The van der Waals surface area contributed by atoms with Gasteiger partial charge < -0.3 is 5.32 Å². The van der Waals surface area contributed by atoms with E-state index in [2.05, 4.69) is 48.4 Å². The number of hydrogen-bond acceptors (Lipinski definition) is 2. The Morgan fingerprint density at radius 3 is 2.82 bits per heavy atom. The zero-order chi connectivity index (χ0) is 15.5. The van der Waals surface area contributed by atoms with Gasteiger partial charge in [-0.2, -0.15) is 0 Å². The fraction of sp³-hybridized carbons (Fsp3) is 0.368. The molecule has 2 aromatic rings. The third-order valence-electron chi connectivity index (χ3n) is 4.41. The highest BCUT2D eigenvalue weighted by atomic mass is 16.1. The third-order valence-corrected chi connectivity index (χ3v) is 4.41. The van der Waals surface area contributed by atoms with Gasteiger partial charge in [-0.1, -0.05) is 38.1 Å². The van der Waals surface area contributed by atoms with Gasteiger partial charge in [0.15, 0.2) is 0 Å². The largest absolute Gasteiger partial charge is 0.351 e. The second-order valence-electron chi connectivity index (χ2n) is 6.27. The van der Waals surface area contributed by atoms with Gasteiger partial charge in [-0.15, -0.1) is 0 Å². The molecule has 22 heavy (non-hydrogen) atoms. The lowest BCUT2D eigenvalue weighted by molar-refractivity contribution is 0.0950. The maximum atomic E-state index is 12.2. The lowest BCUT2D eigenvalue weighted by Gasteiger charge is -2.13. The molecule has 1 aromatic carbocycles. The number of fused-ring (bicyclic) bond motifs is 1. The lowest BCUT2D eigenvalue weighted by atomic mass is 10.0. The summed E-state index contributed by atoms with van der Waals surface area (Å²) in [5.74, 6) is 0.780. The predicted octanol–water partition coefficient (Wildman–Crippen LogP) is 3.66. The number of nitrogens with one attached hydrogen (secondary N) is 1. The fourth-order valence-corrected chi connectivity index (χ4v) is 3.06. The second-order valence-corrected chi connectivity index (χ2v) is 6.27. The second kappa shape index (κ2) is 6.30. The van der Waals surface area contributed by atoms with Gasteiger partial charge in [0.2, 0.25) is 0 Å². The van der Waals surface area contributed by atoms with Gasteiger partial charge in [0.05, 0.1) is 5.56 Å². The number of carbonyl (C=O) groups excluding carboxylic acids is 1. The van der Waals surface area contributed by atoms with Gasteiger partial charge in [0, 0.05) is 24.4 Å². The van der Waals surface area contributed by atoms with Crippen molar-refractivity contribution in [1.29, 1.82) is 0 Å². The van der Waals surface area contributed by atoms with E-state index >= 15 is 0 Å². The van der Waals surface area contributed by atoms with Gasteiger partial charge in [-0.05, 0) is 42.0 Å². The molecule has 3 heteroatoms. The molecule has 1 N–H and O–H groups in total. The molecule has 0 fully saturated rings. The van der Waals surface area contributed by atoms with E-state index in [-0.39, 0.29) is 5.91 Å². The first kappa shape index (κ1) is 14.8. The average Bonchev–Trinajstić information content (AvgIpc) is 2.96. The van der Waals surface area contributed by atoms with Crippen LogP contribution in [0.3, 0.4) is 0 Å². The summed E-state index contributed by atoms with van der Waals surface area (Å²) in [5, 5.41) is 3.05. The van der Waals surface area contributed by atoms with Crippen LogP contribution in [0.2, 0.25) is 0 Å². The van der Waals surface area contributed by atoms with Crippen molar-refractivity contribution in [1.82, 2.24) is 10.3 Å². The SMILES string of the molecule is CC(C)c1ccc(C(=O)NCC2CCc3ccccc32)cn1. The fourth-order valence-electron chi connectivity index (χ4n) is 3.06. The molecule has 3 nitrogen and oxygen atoms in total. The van der Waals surface area contributed by atoms with Crippen molar-refractivity contribution in [2.75, 3.05) is 6.54 Å². The van der Waals surface area contributed by atoms with Gasteiger partial charge in [-0.3, -0.25) is 9.78 Å². The summed E-state index contributed by atoms with van der Waals surface area (Å²) in [4.78, 5) is 16.6. The molecular weight excluding hydrogens is 272 g/mol. The summed E-state index contributed by atoms with van der Waals surface area (Å²) in [6, 6.07) is 12.3. The summed E-state index contributed by atoms with van der Waals surface area (Å²) in [5.41, 5.74) is 4.46. The molecule has 0 aliphatic heterocycles. The minimum atomic E-state index is -0.0350. The number of nitrogens with zero attached hydrogens (tertiary/aromatic N) is 1. The van der Waals surface area contributed by atoms with Crippen molar-refractivity contribution in [2.24, 2.45) is 0 Å². The lowest BCUT2D eigenvalue weighted by Crippen LogP contribution is -2.27. The van der Waals surface area contributed by atoms with Gasteiger partial charge in [-0.25, -0.2) is 0 Å². The van der Waals surface area contributed by atoms with E-state index in [9.17, 15) is 4.79 Å². The summed E-state index contributed by atoms with van der Waals surface area (Å²) in [6.07, 6.45) is 3.90. The van der Waals surface area contributed by atoms with Crippen molar-refractivity contribution in [3.05, 3.63) is 65.0 Å². The monoisotopic (exact) mass is 294 g/mol. The number of rotatable bonds is 4. The molecule has 114 valence electrons. The number of aromatic nitrogens is 1. The Morgan fingerprint density at radius 1 is 1.27 bits per heavy atom. The molecule has 1 atom stereocenters. The highest BCUT2D eigenvalue weighted by molar-refractivity contribution is 5.93. The van der Waals surface area contributed by atoms with Crippen LogP contribution in [0.1, 0.15) is 59.3 Å². The standard InChI is InChI=1S/C19H22N2O/c1-13(2)18-10-9-16(12-20-18)19(22)21-11-15-8-7-14-5-3-4-6-17(14)15/h3-6,9-10,12-13,15H,7-8,11H2,1-2H3,(H,21,22). The molecule has 1 amide bonds. The highest BCUT2D eigenvalue weighted by Crippen LogP contribution is 2.32. The van der Waals surface area contributed by atoms with Crippen molar-refractivity contribution in [2.45, 2.75) is 38.5 Å². The highest BCUT2D eigenvalue weighted by Gasteiger charge is 2.22. The zero-order valence-electron chi connectivity index (χ0n) is 13.2. The Labute approximate surface area is 131 Å². The summed E-state index contributed by atoms with van der Waals surface area (Å²) < 4.78 is 0. The number of benzene rings is 1. The minimum absolute atomic E-state index is 0.0350. The van der Waals surface area contributed by atoms with Gasteiger partial charge in [0.1, 0.15) is 0 Å². The van der Waals surface area contributed by atoms with Gasteiger partial charge >= 0.3 is 0 Å². The Morgan fingerprint density at radius 2 is 2.09 bits per heavy atom. The van der Waals surface area contributed by atoms with Gasteiger partial charge in [0.25, 0.3) is 5.91 Å². The minimum Gasteiger partial charge on any atom is -0.351 e. The molecule has 1 aromatic heterocycles. The van der Waals surface area contributed by atoms with E-state index in [1.807, 2.05) is 12.1 Å². The Balaban J connectivity index is 1.61. The molecule has 1 aliphatic carbocycles. The molecule has 3 rings (SSSR count). The maximum Gasteiger partial charge on any atom is 0.252 e. The first-order chi connectivity index (χ1) is 10.6. The summed E-state index contributed by atoms with van der Waals surface area (Å²) in [6.45, 7) is 4.89. The number of hydrogen-bond donors (Lipinski definition) is 1. The molecule has 1 unspecified atom stereocenters. The van der Waals surface area contributed by atoms with Crippen LogP contribution < -0.4 is 5.32 Å². The van der Waals surface area contributed by atoms with E-state index in [0.29, 0.717) is 23.9 Å². The topological polar surface area (TPSA) is 42.0 Å². The molecule has 1 heterocycles. The van der Waals surface area contributed by atoms with Crippen LogP contribution in [-0.2, 0) is 6.42 Å². The van der Waals surface area contributed by atoms with Crippen molar-refractivity contribution >= 4 is 5.91 Å². The number of pyridine rings is 1. The van der Waals surface area contributed by atoms with E-state index in [0.717, 1.165) is 18.5 Å². The van der Waals surface area contributed by atoms with Crippen LogP contribution in [0.5, 0.6) is 0 Å². The Bertz CT molecular complexity index is 661. The van der Waals surface area contributed by atoms with Crippen LogP contribution in [-0.4, -0.2) is 17.4 Å². The first-order valence-corrected chi connectivity index (χ1v) is 7.97. The molecule has 0 radical (unpaired) electrons. The molecule has 0 spiro atoms. The normalized spacial score (nSPS) is 16.6. The maximum absolute atomic E-state index is 12.2. The van der Waals surface area contributed by atoms with Crippen molar-refractivity contribution < 1.29 is 4.79 Å². The predicted molar refractivity (Wildman–Crippen MR) is 88.2 cm³/mol.